The van der Waals surface area contributed by atoms with Crippen LogP contribution in [0.4, 0.5) is 10.2 Å². The minimum Gasteiger partial charge on any atom is -0.353 e. The Morgan fingerprint density at radius 3 is 3.08 bits per heavy atom. The molecule has 0 bridgehead atoms. The number of anilines is 1. The van der Waals surface area contributed by atoms with Crippen LogP contribution in [0.3, 0.4) is 0 Å². The number of aromatic nitrogens is 1. The zero-order valence-electron chi connectivity index (χ0n) is 14.3. The Bertz CT molecular complexity index is 801. The number of hydrogen-bond donors (Lipinski definition) is 2. The van der Waals surface area contributed by atoms with Crippen molar-refractivity contribution in [3.8, 4) is 0 Å². The van der Waals surface area contributed by atoms with Gasteiger partial charge in [0.1, 0.15) is 11.6 Å². The highest BCUT2D eigenvalue weighted by Crippen LogP contribution is 2.25. The fraction of sp³-hybridized carbons (Fsp3) is 0.333. The summed E-state index contributed by atoms with van der Waals surface area (Å²) < 4.78 is 14.7. The van der Waals surface area contributed by atoms with Gasteiger partial charge in [-0.3, -0.25) is 4.99 Å². The van der Waals surface area contributed by atoms with Gasteiger partial charge in [0.05, 0.1) is 5.02 Å². The Morgan fingerprint density at radius 2 is 2.31 bits per heavy atom. The highest BCUT2D eigenvalue weighted by atomic mass is 79.9. The molecule has 0 spiro atoms. The molecular weight excluding hydrogens is 421 g/mol. The third-order valence-electron chi connectivity index (χ3n) is 4.25. The van der Waals surface area contributed by atoms with Crippen LogP contribution in [-0.4, -0.2) is 37.1 Å². The van der Waals surface area contributed by atoms with Crippen molar-refractivity contribution in [1.82, 2.24) is 15.6 Å². The minimum absolute atomic E-state index is 0.214. The molecule has 1 saturated heterocycles. The number of rotatable bonds is 4. The van der Waals surface area contributed by atoms with Crippen molar-refractivity contribution < 1.29 is 4.39 Å². The van der Waals surface area contributed by atoms with Crippen molar-refractivity contribution in [2.75, 3.05) is 25.0 Å². The summed E-state index contributed by atoms with van der Waals surface area (Å²) in [5.74, 6) is 1.20. The van der Waals surface area contributed by atoms with E-state index in [1.54, 1.807) is 25.4 Å². The second-order valence-corrected chi connectivity index (χ2v) is 7.37. The van der Waals surface area contributed by atoms with E-state index >= 15 is 0 Å². The predicted molar refractivity (Wildman–Crippen MR) is 107 cm³/mol. The summed E-state index contributed by atoms with van der Waals surface area (Å²) in [7, 11) is 1.70. The van der Waals surface area contributed by atoms with Crippen LogP contribution in [0.15, 0.2) is 46.0 Å². The molecule has 1 fully saturated rings. The quantitative estimate of drug-likeness (QED) is 0.564. The minimum atomic E-state index is -0.243. The zero-order valence-corrected chi connectivity index (χ0v) is 16.7. The standard InChI is InChI=1S/C18H20BrClFN5/c1-22-18(24-10-12-9-13(19)4-5-16(12)21)25-14-6-8-26(11-14)17-15(20)3-2-7-23-17/h2-5,7,9,14H,6,8,10-11H2,1H3,(H2,22,24,25). The second kappa shape index (κ2) is 8.68. The summed E-state index contributed by atoms with van der Waals surface area (Å²) in [4.78, 5) is 10.8. The van der Waals surface area contributed by atoms with Gasteiger partial charge >= 0.3 is 0 Å². The number of benzene rings is 1. The van der Waals surface area contributed by atoms with Crippen molar-refractivity contribution in [3.63, 3.8) is 0 Å². The van der Waals surface area contributed by atoms with Gasteiger partial charge in [0.15, 0.2) is 5.96 Å². The third kappa shape index (κ3) is 4.65. The summed E-state index contributed by atoms with van der Waals surface area (Å²) in [6, 6.07) is 8.77. The molecule has 0 aliphatic carbocycles. The van der Waals surface area contributed by atoms with Crippen molar-refractivity contribution in [2.45, 2.75) is 19.0 Å². The predicted octanol–water partition coefficient (Wildman–Crippen LogP) is 3.58. The first-order valence-corrected chi connectivity index (χ1v) is 9.50. The summed E-state index contributed by atoms with van der Waals surface area (Å²) in [6.07, 6.45) is 2.69. The first kappa shape index (κ1) is 18.9. The van der Waals surface area contributed by atoms with E-state index in [0.29, 0.717) is 23.1 Å². The summed E-state index contributed by atoms with van der Waals surface area (Å²) >= 11 is 9.59. The Labute approximate surface area is 165 Å². The summed E-state index contributed by atoms with van der Waals surface area (Å²) in [5.41, 5.74) is 0.579. The van der Waals surface area contributed by atoms with Crippen molar-refractivity contribution in [1.29, 1.82) is 0 Å². The molecule has 2 heterocycles. The molecule has 1 aliphatic rings. The fourth-order valence-corrected chi connectivity index (χ4v) is 3.58. The van der Waals surface area contributed by atoms with E-state index < -0.39 is 0 Å². The molecule has 1 unspecified atom stereocenters. The maximum Gasteiger partial charge on any atom is 0.191 e. The lowest BCUT2D eigenvalue weighted by Gasteiger charge is -2.20. The molecule has 5 nitrogen and oxygen atoms in total. The van der Waals surface area contributed by atoms with Crippen LogP contribution in [-0.2, 0) is 6.54 Å². The van der Waals surface area contributed by atoms with Gasteiger partial charge in [-0.1, -0.05) is 27.5 Å². The van der Waals surface area contributed by atoms with Crippen LogP contribution in [0.25, 0.3) is 0 Å². The molecule has 0 saturated carbocycles. The van der Waals surface area contributed by atoms with Crippen molar-refractivity contribution >= 4 is 39.3 Å². The van der Waals surface area contributed by atoms with Gasteiger partial charge in [0.25, 0.3) is 0 Å². The highest BCUT2D eigenvalue weighted by molar-refractivity contribution is 9.10. The molecule has 138 valence electrons. The van der Waals surface area contributed by atoms with Gasteiger partial charge in [-0.25, -0.2) is 9.37 Å². The summed E-state index contributed by atoms with van der Waals surface area (Å²) in [6.45, 7) is 2.00. The van der Waals surface area contributed by atoms with E-state index in [9.17, 15) is 4.39 Å². The van der Waals surface area contributed by atoms with Crippen LogP contribution >= 0.6 is 27.5 Å². The molecular formula is C18H20BrClFN5. The maximum absolute atomic E-state index is 13.9. The Kier molecular flexibility index (Phi) is 6.32. The molecule has 3 rings (SSSR count). The average molecular weight is 441 g/mol. The van der Waals surface area contributed by atoms with Crippen LogP contribution < -0.4 is 15.5 Å². The van der Waals surface area contributed by atoms with Crippen molar-refractivity contribution in [2.24, 2.45) is 4.99 Å². The lowest BCUT2D eigenvalue weighted by molar-refractivity contribution is 0.600. The Morgan fingerprint density at radius 1 is 1.46 bits per heavy atom. The van der Waals surface area contributed by atoms with E-state index in [-0.39, 0.29) is 11.9 Å². The smallest absolute Gasteiger partial charge is 0.191 e. The van der Waals surface area contributed by atoms with Crippen LogP contribution in [0.5, 0.6) is 0 Å². The molecule has 0 amide bonds. The highest BCUT2D eigenvalue weighted by Gasteiger charge is 2.25. The molecule has 1 atom stereocenters. The van der Waals surface area contributed by atoms with Gasteiger partial charge in [-0.05, 0) is 36.8 Å². The van der Waals surface area contributed by atoms with Gasteiger partial charge in [-0.2, -0.15) is 0 Å². The van der Waals surface area contributed by atoms with Gasteiger partial charge in [-0.15, -0.1) is 0 Å². The monoisotopic (exact) mass is 439 g/mol. The number of pyridine rings is 1. The summed E-state index contributed by atoms with van der Waals surface area (Å²) in [5, 5.41) is 7.20. The molecule has 8 heteroatoms. The Balaban J connectivity index is 1.56. The number of nitrogens with zero attached hydrogens (tertiary/aromatic N) is 3. The maximum atomic E-state index is 13.9. The lowest BCUT2D eigenvalue weighted by Crippen LogP contribution is -2.44. The normalized spacial score (nSPS) is 17.5. The average Bonchev–Trinajstić information content (AvgIpc) is 3.10. The molecule has 26 heavy (non-hydrogen) atoms. The SMILES string of the molecule is CN=C(NCc1cc(Br)ccc1F)NC1CCN(c2ncccc2Cl)C1. The number of aliphatic imine (C=N–C) groups is 1. The van der Waals surface area contributed by atoms with E-state index in [1.807, 2.05) is 12.1 Å². The molecule has 0 radical (unpaired) electrons. The molecule has 1 aliphatic heterocycles. The van der Waals surface area contributed by atoms with Gasteiger partial charge in [0, 0.05) is 49.0 Å². The number of halogens is 3. The Hall–Kier alpha value is -1.86. The van der Waals surface area contributed by atoms with Crippen molar-refractivity contribution in [3.05, 3.63) is 57.4 Å². The second-order valence-electron chi connectivity index (χ2n) is 6.05. The third-order valence-corrected chi connectivity index (χ3v) is 5.03. The number of hydrogen-bond acceptors (Lipinski definition) is 3. The van der Waals surface area contributed by atoms with Crippen LogP contribution in [0.2, 0.25) is 5.02 Å². The molecule has 2 aromatic rings. The van der Waals surface area contributed by atoms with Gasteiger partial charge in [0.2, 0.25) is 0 Å². The topological polar surface area (TPSA) is 52.6 Å². The number of nitrogens with one attached hydrogen (secondary N) is 2. The fourth-order valence-electron chi connectivity index (χ4n) is 2.93. The van der Waals surface area contributed by atoms with E-state index in [1.165, 1.54) is 6.07 Å². The van der Waals surface area contributed by atoms with E-state index in [0.717, 1.165) is 29.8 Å². The largest absolute Gasteiger partial charge is 0.353 e. The first-order valence-electron chi connectivity index (χ1n) is 8.33. The zero-order chi connectivity index (χ0) is 18.5. The lowest BCUT2D eigenvalue weighted by atomic mass is 10.2. The van der Waals surface area contributed by atoms with E-state index in [2.05, 4.69) is 41.4 Å². The van der Waals surface area contributed by atoms with Crippen LogP contribution in [0, 0.1) is 5.82 Å². The van der Waals surface area contributed by atoms with Gasteiger partial charge < -0.3 is 15.5 Å². The first-order chi connectivity index (χ1) is 12.6. The van der Waals surface area contributed by atoms with E-state index in [4.69, 9.17) is 11.6 Å². The molecule has 2 N–H and O–H groups in total. The molecule has 1 aromatic heterocycles. The molecule has 1 aromatic carbocycles. The number of guanidine groups is 1. The van der Waals surface area contributed by atoms with Crippen LogP contribution in [0.1, 0.15) is 12.0 Å².